The first-order valence-electron chi connectivity index (χ1n) is 22.3. The molecule has 1 nitrogen and oxygen atoms in total. The van der Waals surface area contributed by atoms with Gasteiger partial charge < -0.3 is 4.90 Å². The van der Waals surface area contributed by atoms with Crippen molar-refractivity contribution >= 4 is 27.8 Å². The molecule has 8 aromatic carbocycles. The number of nitrogens with zero attached hydrogens (tertiary/aromatic N) is 1. The Kier molecular flexibility index (Phi) is 8.15. The Morgan fingerprint density at radius 3 is 1.58 bits per heavy atom. The number of fused-ring (bicyclic) bond motifs is 4. The molecule has 0 heterocycles. The number of hydrogen-bond acceptors (Lipinski definition) is 1. The number of rotatable bonds is 7. The van der Waals surface area contributed by atoms with E-state index >= 15 is 0 Å². The van der Waals surface area contributed by atoms with Crippen LogP contribution in [0.15, 0.2) is 182 Å². The smallest absolute Gasteiger partial charge is 0.0540 e. The molecular weight excluding hydrogens is 723 g/mol. The molecule has 0 saturated heterocycles. The second-order valence-corrected chi connectivity index (χ2v) is 19.1. The van der Waals surface area contributed by atoms with E-state index in [9.17, 15) is 0 Å². The van der Waals surface area contributed by atoms with E-state index in [0.717, 1.165) is 23.4 Å². The lowest BCUT2D eigenvalue weighted by molar-refractivity contribution is -0.00494. The maximum absolute atomic E-state index is 2.54. The van der Waals surface area contributed by atoms with E-state index in [2.05, 4.69) is 201 Å². The van der Waals surface area contributed by atoms with Crippen LogP contribution in [0.5, 0.6) is 0 Å². The molecule has 0 aliphatic heterocycles. The van der Waals surface area contributed by atoms with Crippen molar-refractivity contribution in [2.24, 2.45) is 17.8 Å². The summed E-state index contributed by atoms with van der Waals surface area (Å²) in [6, 6.07) is 68.1. The van der Waals surface area contributed by atoms with Crippen LogP contribution in [0.1, 0.15) is 69.1 Å². The predicted molar refractivity (Wildman–Crippen MR) is 252 cm³/mol. The minimum Gasteiger partial charge on any atom is -0.310 e. The fraction of sp³-hybridized carbons (Fsp3) is 0.220. The van der Waals surface area contributed by atoms with E-state index in [1.165, 1.54) is 111 Å². The van der Waals surface area contributed by atoms with E-state index in [1.54, 1.807) is 11.1 Å². The quantitative estimate of drug-likeness (QED) is 0.156. The third kappa shape index (κ3) is 5.58. The summed E-state index contributed by atoms with van der Waals surface area (Å²) < 4.78 is 0. The van der Waals surface area contributed by atoms with Crippen LogP contribution in [0.2, 0.25) is 0 Å². The van der Waals surface area contributed by atoms with E-state index in [4.69, 9.17) is 0 Å². The van der Waals surface area contributed by atoms with Crippen LogP contribution in [0.25, 0.3) is 55.3 Å². The zero-order valence-corrected chi connectivity index (χ0v) is 34.7. The largest absolute Gasteiger partial charge is 0.310 e. The zero-order valence-electron chi connectivity index (χ0n) is 34.7. The molecule has 5 aliphatic carbocycles. The first-order chi connectivity index (χ1) is 29.4. The third-order valence-electron chi connectivity index (χ3n) is 15.2. The summed E-state index contributed by atoms with van der Waals surface area (Å²) >= 11 is 0. The molecule has 60 heavy (non-hydrogen) atoms. The molecule has 8 aromatic rings. The van der Waals surface area contributed by atoms with Crippen molar-refractivity contribution in [1.29, 1.82) is 0 Å². The van der Waals surface area contributed by atoms with Gasteiger partial charge in [-0.2, -0.15) is 0 Å². The van der Waals surface area contributed by atoms with Crippen molar-refractivity contribution in [3.63, 3.8) is 0 Å². The molecule has 1 heteroatoms. The zero-order chi connectivity index (χ0) is 40.0. The molecule has 0 aromatic heterocycles. The van der Waals surface area contributed by atoms with Crippen LogP contribution in [-0.4, -0.2) is 0 Å². The highest BCUT2D eigenvalue weighted by atomic mass is 15.1. The molecule has 4 fully saturated rings. The predicted octanol–water partition coefficient (Wildman–Crippen LogP) is 16.1. The first-order valence-corrected chi connectivity index (χ1v) is 22.3. The van der Waals surface area contributed by atoms with Crippen molar-refractivity contribution in [2.45, 2.75) is 63.2 Å². The molecular formula is C59H51N. The van der Waals surface area contributed by atoms with Gasteiger partial charge in [-0.15, -0.1) is 0 Å². The van der Waals surface area contributed by atoms with Crippen molar-refractivity contribution in [1.82, 2.24) is 0 Å². The van der Waals surface area contributed by atoms with Crippen molar-refractivity contribution < 1.29 is 0 Å². The third-order valence-corrected chi connectivity index (χ3v) is 15.2. The van der Waals surface area contributed by atoms with Gasteiger partial charge in [0.1, 0.15) is 0 Å². The molecule has 5 aliphatic rings. The number of anilines is 3. The molecule has 0 unspecified atom stereocenters. The lowest BCUT2D eigenvalue weighted by Gasteiger charge is -2.57. The Hall–Kier alpha value is -6.18. The van der Waals surface area contributed by atoms with Crippen molar-refractivity contribution in [3.05, 3.63) is 199 Å². The van der Waals surface area contributed by atoms with E-state index < -0.39 is 0 Å². The van der Waals surface area contributed by atoms with E-state index in [1.807, 2.05) is 0 Å². The molecule has 0 atom stereocenters. The molecule has 4 saturated carbocycles. The standard InChI is InChI=1S/C59H51N/c1-58(2)52-23-13-24-53(59-36-39-32-40(37-59)34-41(33-39)38-59)57(52)51-31-30-47(35-54(51)58)60(55-25-10-9-20-48(55)42-14-5-3-6-15-42)46-28-26-44(27-29-46)50-22-12-19-45-18-11-21-49(56(45)50)43-16-7-4-8-17-43/h3-31,35,39-41H,32-34,36-38H2,1-2H3. The van der Waals surface area contributed by atoms with Crippen molar-refractivity contribution in [3.8, 4) is 44.5 Å². The molecule has 292 valence electrons. The molecule has 13 rings (SSSR count). The molecule has 0 N–H and O–H groups in total. The number of hydrogen-bond donors (Lipinski definition) is 0. The maximum atomic E-state index is 2.54. The van der Waals surface area contributed by atoms with Gasteiger partial charge in [0, 0.05) is 22.4 Å². The highest BCUT2D eigenvalue weighted by molar-refractivity contribution is 6.06. The van der Waals surface area contributed by atoms with Gasteiger partial charge in [0.05, 0.1) is 5.69 Å². The second kappa shape index (κ2) is 13.7. The Labute approximate surface area is 355 Å². The van der Waals surface area contributed by atoms with Gasteiger partial charge >= 0.3 is 0 Å². The lowest BCUT2D eigenvalue weighted by atomic mass is 9.47. The van der Waals surface area contributed by atoms with Crippen LogP contribution < -0.4 is 4.90 Å². The maximum Gasteiger partial charge on any atom is 0.0540 e. The summed E-state index contributed by atoms with van der Waals surface area (Å²) in [6.45, 7) is 4.94. The highest BCUT2D eigenvalue weighted by Crippen LogP contribution is 2.64. The minimum absolute atomic E-state index is 0.113. The SMILES string of the molecule is CC1(C)c2cc(N(c3ccc(-c4cccc5cccc(-c6ccccc6)c45)cc3)c3ccccc3-c3ccccc3)ccc2-c2c(C34CC5CC(CC(C5)C3)C4)cccc21. The molecule has 4 bridgehead atoms. The minimum atomic E-state index is -0.113. The van der Waals surface area contributed by atoms with E-state index in [0.29, 0.717) is 5.41 Å². The monoisotopic (exact) mass is 773 g/mol. The van der Waals surface area contributed by atoms with Crippen LogP contribution in [0.4, 0.5) is 17.1 Å². The highest BCUT2D eigenvalue weighted by Gasteiger charge is 2.53. The summed E-state index contributed by atoms with van der Waals surface area (Å²) in [6.07, 6.45) is 8.56. The average Bonchev–Trinajstić information content (AvgIpc) is 3.52. The summed E-state index contributed by atoms with van der Waals surface area (Å²) in [5, 5.41) is 2.54. The number of benzene rings is 8. The van der Waals surface area contributed by atoms with Gasteiger partial charge in [0.25, 0.3) is 0 Å². The molecule has 0 spiro atoms. The van der Waals surface area contributed by atoms with Gasteiger partial charge in [0.15, 0.2) is 0 Å². The van der Waals surface area contributed by atoms with Gasteiger partial charge in [-0.05, 0) is 158 Å². The Bertz CT molecular complexity index is 2880. The molecule has 0 radical (unpaired) electrons. The molecule has 0 amide bonds. The Morgan fingerprint density at radius 2 is 0.933 bits per heavy atom. The van der Waals surface area contributed by atoms with Crippen LogP contribution in [0.3, 0.4) is 0 Å². The average molecular weight is 774 g/mol. The fourth-order valence-electron chi connectivity index (χ4n) is 13.0. The summed E-state index contributed by atoms with van der Waals surface area (Å²) in [7, 11) is 0. The topological polar surface area (TPSA) is 3.24 Å². The van der Waals surface area contributed by atoms with Crippen molar-refractivity contribution in [2.75, 3.05) is 4.90 Å². The normalized spacial score (nSPS) is 21.8. The van der Waals surface area contributed by atoms with Gasteiger partial charge in [-0.3, -0.25) is 0 Å². The summed E-state index contributed by atoms with van der Waals surface area (Å²) in [4.78, 5) is 2.50. The fourth-order valence-corrected chi connectivity index (χ4v) is 13.0. The van der Waals surface area contributed by atoms with Gasteiger partial charge in [-0.1, -0.05) is 166 Å². The second-order valence-electron chi connectivity index (χ2n) is 19.1. The van der Waals surface area contributed by atoms with Crippen LogP contribution >= 0.6 is 0 Å². The number of para-hydroxylation sites is 1. The van der Waals surface area contributed by atoms with E-state index in [-0.39, 0.29) is 5.41 Å². The summed E-state index contributed by atoms with van der Waals surface area (Å²) in [5.74, 6) is 2.75. The lowest BCUT2D eigenvalue weighted by Crippen LogP contribution is -2.48. The van der Waals surface area contributed by atoms with Gasteiger partial charge in [-0.25, -0.2) is 0 Å². The summed E-state index contributed by atoms with van der Waals surface area (Å²) in [5.41, 5.74) is 18.7. The van der Waals surface area contributed by atoms with Crippen LogP contribution in [-0.2, 0) is 10.8 Å². The Morgan fingerprint density at radius 1 is 0.417 bits per heavy atom. The first kappa shape index (κ1) is 35.7. The van der Waals surface area contributed by atoms with Gasteiger partial charge in [0.2, 0.25) is 0 Å². The van der Waals surface area contributed by atoms with Crippen LogP contribution in [0, 0.1) is 17.8 Å². The Balaban J connectivity index is 1.01.